The number of ether oxygens (including phenoxy) is 2. The highest BCUT2D eigenvalue weighted by Crippen LogP contribution is 2.23. The molecule has 0 bridgehead atoms. The second-order valence-corrected chi connectivity index (χ2v) is 19.3. The summed E-state index contributed by atoms with van der Waals surface area (Å²) >= 11 is 0. The number of hydrogen-bond donors (Lipinski definition) is 0. The topological polar surface area (TPSA) is 59.1 Å². The molecule has 350 valence electrons. The molecule has 1 aliphatic heterocycles. The van der Waals surface area contributed by atoms with Crippen molar-refractivity contribution in [3.8, 4) is 0 Å². The van der Waals surface area contributed by atoms with Crippen molar-refractivity contribution in [3.05, 3.63) is 0 Å². The second kappa shape index (κ2) is 42.2. The van der Waals surface area contributed by atoms with Gasteiger partial charge in [-0.15, -0.1) is 0 Å². The minimum Gasteiger partial charge on any atom is -0.465 e. The number of carbonyl (C=O) groups is 2. The normalized spacial score (nSPS) is 15.8. The average Bonchev–Trinajstić information content (AvgIpc) is 3.23. The lowest BCUT2D eigenvalue weighted by atomic mass is 9.94. The van der Waals surface area contributed by atoms with Crippen LogP contribution in [-0.4, -0.2) is 74.7 Å². The number of hydrogen-bond acceptors (Lipinski definition) is 6. The maximum atomic E-state index is 13.3. The Morgan fingerprint density at radius 3 is 1.15 bits per heavy atom. The van der Waals surface area contributed by atoms with Crippen molar-refractivity contribution in [2.45, 2.75) is 259 Å². The maximum absolute atomic E-state index is 13.3. The zero-order valence-electron chi connectivity index (χ0n) is 40.7. The lowest BCUT2D eigenvalue weighted by Crippen LogP contribution is -2.40. The van der Waals surface area contributed by atoms with Crippen LogP contribution in [0.5, 0.6) is 0 Å². The number of rotatable bonds is 44. The second-order valence-electron chi connectivity index (χ2n) is 19.3. The first-order valence-electron chi connectivity index (χ1n) is 26.6. The smallest absolute Gasteiger partial charge is 0.307 e. The van der Waals surface area contributed by atoms with Crippen molar-refractivity contribution in [2.24, 2.45) is 17.8 Å². The van der Waals surface area contributed by atoms with Crippen LogP contribution in [0.25, 0.3) is 0 Å². The number of esters is 2. The van der Waals surface area contributed by atoms with Crippen molar-refractivity contribution < 1.29 is 19.1 Å². The zero-order chi connectivity index (χ0) is 42.9. The summed E-state index contributed by atoms with van der Waals surface area (Å²) in [6.07, 6.45) is 45.1. The summed E-state index contributed by atoms with van der Waals surface area (Å²) in [7, 11) is 2.22. The van der Waals surface area contributed by atoms with E-state index in [1.807, 2.05) is 0 Å². The third kappa shape index (κ3) is 36.1. The van der Waals surface area contributed by atoms with E-state index in [-0.39, 0.29) is 11.9 Å². The van der Waals surface area contributed by atoms with Gasteiger partial charge in [-0.3, -0.25) is 9.59 Å². The Morgan fingerprint density at radius 1 is 0.508 bits per heavy atom. The summed E-state index contributed by atoms with van der Waals surface area (Å²) in [6.45, 7) is 14.8. The summed E-state index contributed by atoms with van der Waals surface area (Å²) in [5.41, 5.74) is 0. The molecule has 0 aromatic rings. The van der Waals surface area contributed by atoms with Crippen LogP contribution in [0, 0.1) is 17.8 Å². The zero-order valence-corrected chi connectivity index (χ0v) is 40.7. The highest BCUT2D eigenvalue weighted by Gasteiger charge is 2.22. The Labute approximate surface area is 369 Å². The molecular formula is C53H104N2O4. The van der Waals surface area contributed by atoms with E-state index < -0.39 is 0 Å². The van der Waals surface area contributed by atoms with Gasteiger partial charge >= 0.3 is 11.9 Å². The van der Waals surface area contributed by atoms with Crippen LogP contribution in [0.1, 0.15) is 259 Å². The van der Waals surface area contributed by atoms with Crippen LogP contribution in [-0.2, 0) is 19.1 Å². The highest BCUT2D eigenvalue weighted by molar-refractivity contribution is 5.70. The molecule has 3 unspecified atom stereocenters. The molecule has 6 nitrogen and oxygen atoms in total. The molecule has 0 saturated carbocycles. The fraction of sp³-hybridized carbons (Fsp3) is 0.962. The van der Waals surface area contributed by atoms with Crippen LogP contribution in [0.3, 0.4) is 0 Å². The summed E-state index contributed by atoms with van der Waals surface area (Å²) in [5, 5.41) is 0. The first-order valence-corrected chi connectivity index (χ1v) is 26.6. The minimum absolute atomic E-state index is 0.0688. The molecule has 0 aromatic heterocycles. The molecule has 0 N–H and O–H groups in total. The van der Waals surface area contributed by atoms with Crippen LogP contribution < -0.4 is 0 Å². The predicted molar refractivity (Wildman–Crippen MR) is 255 cm³/mol. The standard InChI is InChI=1S/C53H104N2O4/c1-6-10-14-18-22-24-28-32-37-49(35-30-26-20-16-12-8-3)47-58-52(56)40-43-55(46-51-39-34-42-54(5)45-51)44-41-53(57)59-48-50(36-31-27-21-17-13-9-4)38-33-29-25-23-19-15-11-7-2/h49-51H,6-48H2,1-5H3. The Hall–Kier alpha value is -1.14. The summed E-state index contributed by atoms with van der Waals surface area (Å²) < 4.78 is 12.1. The van der Waals surface area contributed by atoms with Gasteiger partial charge in [0.2, 0.25) is 0 Å². The van der Waals surface area contributed by atoms with Gasteiger partial charge in [0.05, 0.1) is 26.1 Å². The van der Waals surface area contributed by atoms with Gasteiger partial charge in [0, 0.05) is 26.2 Å². The SMILES string of the molecule is CCCCCCCCCCC(CCCCCCCC)COC(=O)CCN(CCC(=O)OCC(CCCCCCCC)CCCCCCCCCC)CC1CCCN(C)C1. The molecule has 0 radical (unpaired) electrons. The third-order valence-electron chi connectivity index (χ3n) is 13.3. The number of likely N-dealkylation sites (tertiary alicyclic amines) is 1. The van der Waals surface area contributed by atoms with Crippen LogP contribution >= 0.6 is 0 Å². The molecule has 1 saturated heterocycles. The lowest BCUT2D eigenvalue weighted by molar-refractivity contribution is -0.145. The number of piperidine rings is 1. The Balaban J connectivity index is 2.66. The Bertz CT molecular complexity index is 854. The molecule has 1 aliphatic rings. The molecule has 0 aliphatic carbocycles. The van der Waals surface area contributed by atoms with Gasteiger partial charge in [0.25, 0.3) is 0 Å². The molecule has 0 spiro atoms. The van der Waals surface area contributed by atoms with E-state index in [9.17, 15) is 9.59 Å². The van der Waals surface area contributed by atoms with Crippen LogP contribution in [0.15, 0.2) is 0 Å². The van der Waals surface area contributed by atoms with Crippen LogP contribution in [0.4, 0.5) is 0 Å². The quantitative estimate of drug-likeness (QED) is 0.0450. The fourth-order valence-electron chi connectivity index (χ4n) is 9.33. The number of unbranched alkanes of at least 4 members (excludes halogenated alkanes) is 24. The van der Waals surface area contributed by atoms with E-state index in [0.717, 1.165) is 19.6 Å². The molecule has 1 fully saturated rings. The van der Waals surface area contributed by atoms with Gasteiger partial charge in [0.15, 0.2) is 0 Å². The van der Waals surface area contributed by atoms with Crippen molar-refractivity contribution >= 4 is 11.9 Å². The highest BCUT2D eigenvalue weighted by atomic mass is 16.5. The van der Waals surface area contributed by atoms with Crippen molar-refractivity contribution in [2.75, 3.05) is 53.0 Å². The fourth-order valence-corrected chi connectivity index (χ4v) is 9.33. The van der Waals surface area contributed by atoms with Crippen molar-refractivity contribution in [3.63, 3.8) is 0 Å². The van der Waals surface area contributed by atoms with E-state index >= 15 is 0 Å². The molecule has 3 atom stereocenters. The molecule has 59 heavy (non-hydrogen) atoms. The first kappa shape index (κ1) is 55.9. The van der Waals surface area contributed by atoms with Gasteiger partial charge in [-0.05, 0) is 69.9 Å². The van der Waals surface area contributed by atoms with Gasteiger partial charge < -0.3 is 19.3 Å². The maximum Gasteiger partial charge on any atom is 0.307 e. The molecule has 6 heteroatoms. The average molecular weight is 833 g/mol. The minimum atomic E-state index is -0.0688. The number of nitrogens with zero attached hydrogens (tertiary/aromatic N) is 2. The summed E-state index contributed by atoms with van der Waals surface area (Å²) in [4.78, 5) is 31.3. The molecule has 1 heterocycles. The Morgan fingerprint density at radius 2 is 0.831 bits per heavy atom. The predicted octanol–water partition coefficient (Wildman–Crippen LogP) is 15.3. The molecule has 0 amide bonds. The van der Waals surface area contributed by atoms with Crippen molar-refractivity contribution in [1.29, 1.82) is 0 Å². The Kier molecular flexibility index (Phi) is 39.9. The monoisotopic (exact) mass is 833 g/mol. The van der Waals surface area contributed by atoms with Gasteiger partial charge in [-0.25, -0.2) is 0 Å². The molecule has 0 aromatic carbocycles. The van der Waals surface area contributed by atoms with Gasteiger partial charge in [-0.2, -0.15) is 0 Å². The molecular weight excluding hydrogens is 729 g/mol. The van der Waals surface area contributed by atoms with E-state index in [2.05, 4.69) is 44.5 Å². The molecule has 1 rings (SSSR count). The van der Waals surface area contributed by atoms with E-state index in [0.29, 0.717) is 56.9 Å². The van der Waals surface area contributed by atoms with Gasteiger partial charge in [-0.1, -0.05) is 207 Å². The van der Waals surface area contributed by atoms with Gasteiger partial charge in [0.1, 0.15) is 0 Å². The van der Waals surface area contributed by atoms with E-state index in [1.165, 1.54) is 218 Å². The first-order chi connectivity index (χ1) is 28.9. The summed E-state index contributed by atoms with van der Waals surface area (Å²) in [5.74, 6) is 1.40. The van der Waals surface area contributed by atoms with E-state index in [4.69, 9.17) is 9.47 Å². The van der Waals surface area contributed by atoms with Crippen LogP contribution in [0.2, 0.25) is 0 Å². The van der Waals surface area contributed by atoms with Crippen molar-refractivity contribution in [1.82, 2.24) is 9.80 Å². The summed E-state index contributed by atoms with van der Waals surface area (Å²) in [6, 6.07) is 0. The lowest BCUT2D eigenvalue weighted by Gasteiger charge is -2.33. The van der Waals surface area contributed by atoms with E-state index in [1.54, 1.807) is 0 Å². The number of carbonyl (C=O) groups excluding carboxylic acids is 2. The largest absolute Gasteiger partial charge is 0.465 e. The third-order valence-corrected chi connectivity index (χ3v) is 13.3.